The van der Waals surface area contributed by atoms with Crippen molar-refractivity contribution in [3.05, 3.63) is 93.0 Å². The standard InChI is InChI=1S/C28H31ClIN3O4S/c1-20(27(35)31-28(2,3)4)32(18-21-9-8-10-22(29)17-21)26(34)19-33(24-15-13-23(30)14-16-24)38(36,37)25-11-6-5-7-12-25/h5-17,20H,18-19H2,1-4H3,(H,31,35). The Morgan fingerprint density at radius 3 is 2.18 bits per heavy atom. The minimum atomic E-state index is -4.09. The number of nitrogens with zero attached hydrogens (tertiary/aromatic N) is 2. The summed E-state index contributed by atoms with van der Waals surface area (Å²) in [5, 5.41) is 3.40. The molecule has 0 aliphatic heterocycles. The molecule has 3 aromatic rings. The Balaban J connectivity index is 2.02. The summed E-state index contributed by atoms with van der Waals surface area (Å²) in [5.74, 6) is -0.876. The van der Waals surface area contributed by atoms with E-state index < -0.39 is 34.1 Å². The molecule has 0 spiro atoms. The number of hydrogen-bond acceptors (Lipinski definition) is 4. The summed E-state index contributed by atoms with van der Waals surface area (Å²) in [5.41, 5.74) is 0.546. The maximum atomic E-state index is 13.9. The predicted octanol–water partition coefficient (Wildman–Crippen LogP) is 5.47. The molecule has 3 rings (SSSR count). The van der Waals surface area contributed by atoms with Crippen molar-refractivity contribution in [1.29, 1.82) is 0 Å². The highest BCUT2D eigenvalue weighted by molar-refractivity contribution is 14.1. The number of benzene rings is 3. The smallest absolute Gasteiger partial charge is 0.264 e. The van der Waals surface area contributed by atoms with Crippen LogP contribution in [0.1, 0.15) is 33.3 Å². The molecular formula is C28H31ClIN3O4S. The van der Waals surface area contributed by atoms with E-state index in [1.807, 2.05) is 20.8 Å². The molecule has 0 fully saturated rings. The molecule has 0 radical (unpaired) electrons. The van der Waals surface area contributed by atoms with Gasteiger partial charge in [0.15, 0.2) is 0 Å². The van der Waals surface area contributed by atoms with Gasteiger partial charge >= 0.3 is 0 Å². The van der Waals surface area contributed by atoms with Crippen LogP contribution in [0.5, 0.6) is 0 Å². The monoisotopic (exact) mass is 667 g/mol. The lowest BCUT2D eigenvalue weighted by molar-refractivity contribution is -0.140. The normalized spacial score (nSPS) is 12.5. The van der Waals surface area contributed by atoms with Gasteiger partial charge in [0, 0.05) is 20.7 Å². The average Bonchev–Trinajstić information content (AvgIpc) is 2.85. The fourth-order valence-electron chi connectivity index (χ4n) is 3.74. The van der Waals surface area contributed by atoms with Crippen LogP contribution in [0.3, 0.4) is 0 Å². The second-order valence-electron chi connectivity index (χ2n) is 9.87. The summed E-state index contributed by atoms with van der Waals surface area (Å²) in [6.45, 7) is 6.77. The zero-order chi connectivity index (χ0) is 28.1. The molecule has 0 aliphatic carbocycles. The minimum Gasteiger partial charge on any atom is -0.350 e. The third-order valence-corrected chi connectivity index (χ3v) is 8.37. The Hall–Kier alpha value is -2.63. The molecule has 38 heavy (non-hydrogen) atoms. The van der Waals surface area contributed by atoms with Crippen molar-refractivity contribution in [1.82, 2.24) is 10.2 Å². The van der Waals surface area contributed by atoms with Gasteiger partial charge in [-0.1, -0.05) is 41.9 Å². The van der Waals surface area contributed by atoms with Gasteiger partial charge < -0.3 is 10.2 Å². The Morgan fingerprint density at radius 1 is 0.974 bits per heavy atom. The van der Waals surface area contributed by atoms with Crippen LogP contribution < -0.4 is 9.62 Å². The van der Waals surface area contributed by atoms with Crippen LogP contribution in [-0.2, 0) is 26.2 Å². The van der Waals surface area contributed by atoms with Crippen LogP contribution in [0.4, 0.5) is 5.69 Å². The van der Waals surface area contributed by atoms with E-state index in [1.54, 1.807) is 73.7 Å². The second-order valence-corrected chi connectivity index (χ2v) is 13.4. The topological polar surface area (TPSA) is 86.8 Å². The number of rotatable bonds is 9. The third-order valence-electron chi connectivity index (χ3n) is 5.63. The first-order valence-electron chi connectivity index (χ1n) is 12.0. The molecule has 0 heterocycles. The number of amides is 2. The first-order valence-corrected chi connectivity index (χ1v) is 14.9. The first kappa shape index (κ1) is 29.9. The van der Waals surface area contributed by atoms with E-state index in [-0.39, 0.29) is 17.3 Å². The fourth-order valence-corrected chi connectivity index (χ4v) is 5.75. The number of halogens is 2. The van der Waals surface area contributed by atoms with Crippen LogP contribution >= 0.6 is 34.2 Å². The lowest BCUT2D eigenvalue weighted by Crippen LogP contribution is -2.54. The maximum Gasteiger partial charge on any atom is 0.264 e. The maximum absolute atomic E-state index is 13.9. The molecule has 202 valence electrons. The zero-order valence-corrected chi connectivity index (χ0v) is 25.4. The van der Waals surface area contributed by atoms with E-state index in [2.05, 4.69) is 27.9 Å². The Bertz CT molecular complexity index is 1380. The van der Waals surface area contributed by atoms with Crippen molar-refractivity contribution in [3.63, 3.8) is 0 Å². The highest BCUT2D eigenvalue weighted by Crippen LogP contribution is 2.25. The number of anilines is 1. The molecule has 7 nitrogen and oxygen atoms in total. The second kappa shape index (κ2) is 12.5. The molecule has 0 aromatic heterocycles. The highest BCUT2D eigenvalue weighted by Gasteiger charge is 2.33. The Morgan fingerprint density at radius 2 is 1.61 bits per heavy atom. The van der Waals surface area contributed by atoms with Crippen molar-refractivity contribution in [2.45, 2.75) is 50.7 Å². The molecule has 0 bridgehead atoms. The number of hydrogen-bond donors (Lipinski definition) is 1. The molecular weight excluding hydrogens is 637 g/mol. The minimum absolute atomic E-state index is 0.0614. The van der Waals surface area contributed by atoms with Crippen LogP contribution in [-0.4, -0.2) is 43.3 Å². The van der Waals surface area contributed by atoms with Crippen molar-refractivity contribution >= 4 is 61.7 Å². The highest BCUT2D eigenvalue weighted by atomic mass is 127. The Labute approximate surface area is 243 Å². The molecule has 1 atom stereocenters. The molecule has 0 saturated carbocycles. The molecule has 3 aromatic carbocycles. The third kappa shape index (κ3) is 7.94. The van der Waals surface area contributed by atoms with Gasteiger partial charge in [0.1, 0.15) is 12.6 Å². The van der Waals surface area contributed by atoms with Gasteiger partial charge in [-0.05, 0) is 104 Å². The van der Waals surface area contributed by atoms with Crippen LogP contribution in [0.15, 0.2) is 83.8 Å². The van der Waals surface area contributed by atoms with Gasteiger partial charge in [-0.3, -0.25) is 13.9 Å². The van der Waals surface area contributed by atoms with Crippen LogP contribution in [0.2, 0.25) is 5.02 Å². The van der Waals surface area contributed by atoms with Crippen LogP contribution in [0, 0.1) is 3.57 Å². The summed E-state index contributed by atoms with van der Waals surface area (Å²) < 4.78 is 29.5. The number of carbonyl (C=O) groups excluding carboxylic acids is 2. The van der Waals surface area contributed by atoms with E-state index in [9.17, 15) is 18.0 Å². The molecule has 0 saturated heterocycles. The number of sulfonamides is 1. The molecule has 0 aliphatic rings. The van der Waals surface area contributed by atoms with Gasteiger partial charge in [-0.2, -0.15) is 0 Å². The first-order chi connectivity index (χ1) is 17.8. The lowest BCUT2D eigenvalue weighted by atomic mass is 10.1. The molecule has 1 N–H and O–H groups in total. The molecule has 1 unspecified atom stereocenters. The van der Waals surface area contributed by atoms with Crippen molar-refractivity contribution in [2.75, 3.05) is 10.8 Å². The van der Waals surface area contributed by atoms with Gasteiger partial charge in [0.2, 0.25) is 11.8 Å². The summed E-state index contributed by atoms with van der Waals surface area (Å²) in [6, 6.07) is 21.0. The van der Waals surface area contributed by atoms with Gasteiger partial charge in [0.05, 0.1) is 10.6 Å². The Kier molecular flexibility index (Phi) is 9.83. The van der Waals surface area contributed by atoms with Crippen molar-refractivity contribution in [2.24, 2.45) is 0 Å². The zero-order valence-electron chi connectivity index (χ0n) is 21.7. The lowest BCUT2D eigenvalue weighted by Gasteiger charge is -2.33. The van der Waals surface area contributed by atoms with E-state index in [1.165, 1.54) is 17.0 Å². The fraction of sp³-hybridized carbons (Fsp3) is 0.286. The largest absolute Gasteiger partial charge is 0.350 e. The van der Waals surface area contributed by atoms with Crippen molar-refractivity contribution < 1.29 is 18.0 Å². The van der Waals surface area contributed by atoms with E-state index in [0.29, 0.717) is 16.3 Å². The van der Waals surface area contributed by atoms with Crippen LogP contribution in [0.25, 0.3) is 0 Å². The van der Waals surface area contributed by atoms with Gasteiger partial charge in [0.25, 0.3) is 10.0 Å². The summed E-state index contributed by atoms with van der Waals surface area (Å²) in [7, 11) is -4.09. The quantitative estimate of drug-likeness (QED) is 0.307. The van der Waals surface area contributed by atoms with E-state index in [0.717, 1.165) is 7.88 Å². The average molecular weight is 668 g/mol. The summed E-state index contributed by atoms with van der Waals surface area (Å²) in [6.07, 6.45) is 0. The number of nitrogens with one attached hydrogen (secondary N) is 1. The number of carbonyl (C=O) groups is 2. The van der Waals surface area contributed by atoms with Crippen molar-refractivity contribution in [3.8, 4) is 0 Å². The van der Waals surface area contributed by atoms with E-state index in [4.69, 9.17) is 11.6 Å². The predicted molar refractivity (Wildman–Crippen MR) is 159 cm³/mol. The summed E-state index contributed by atoms with van der Waals surface area (Å²) >= 11 is 8.30. The summed E-state index contributed by atoms with van der Waals surface area (Å²) in [4.78, 5) is 28.4. The SMILES string of the molecule is CC(C(=O)NC(C)(C)C)N(Cc1cccc(Cl)c1)C(=O)CN(c1ccc(I)cc1)S(=O)(=O)c1ccccc1. The molecule has 10 heteroatoms. The van der Waals surface area contributed by atoms with E-state index >= 15 is 0 Å². The van der Waals surface area contributed by atoms with Gasteiger partial charge in [-0.15, -0.1) is 0 Å². The van der Waals surface area contributed by atoms with Gasteiger partial charge in [-0.25, -0.2) is 8.42 Å². The molecule has 2 amide bonds.